The van der Waals surface area contributed by atoms with E-state index in [0.717, 1.165) is 22.3 Å². The Labute approximate surface area is 125 Å². The first-order valence-electron chi connectivity index (χ1n) is 6.56. The summed E-state index contributed by atoms with van der Waals surface area (Å²) in [6, 6.07) is 9.53. The highest BCUT2D eigenvalue weighted by atomic mass is 32.1. The van der Waals surface area contributed by atoms with Gasteiger partial charge >= 0.3 is 0 Å². The van der Waals surface area contributed by atoms with Gasteiger partial charge in [0, 0.05) is 10.3 Å². The Bertz CT molecular complexity index is 637. The van der Waals surface area contributed by atoms with Gasteiger partial charge < -0.3 is 10.2 Å². The van der Waals surface area contributed by atoms with Crippen LogP contribution in [0.3, 0.4) is 0 Å². The zero-order valence-electron chi connectivity index (χ0n) is 12.2. The topological polar surface area (TPSA) is 40.5 Å². The highest BCUT2D eigenvalue weighted by Gasteiger charge is 2.25. The molecule has 0 unspecified atom stereocenters. The molecule has 0 amide bonds. The molecule has 0 spiro atoms. The van der Waals surface area contributed by atoms with Crippen molar-refractivity contribution in [1.29, 1.82) is 0 Å². The largest absolute Gasteiger partial charge is 0.508 e. The molecule has 2 nitrogen and oxygen atoms in total. The van der Waals surface area contributed by atoms with Crippen molar-refractivity contribution < 1.29 is 10.2 Å². The van der Waals surface area contributed by atoms with Crippen LogP contribution in [0.2, 0.25) is 0 Å². The van der Waals surface area contributed by atoms with E-state index >= 15 is 0 Å². The molecular formula is C17H20O2S. The average Bonchev–Trinajstić information content (AvgIpc) is 2.38. The number of aryl methyl sites for hydroxylation is 2. The summed E-state index contributed by atoms with van der Waals surface area (Å²) in [7, 11) is 0. The lowest BCUT2D eigenvalue weighted by atomic mass is 9.77. The lowest BCUT2D eigenvalue weighted by molar-refractivity contribution is 0.457. The molecule has 20 heavy (non-hydrogen) atoms. The Morgan fingerprint density at radius 3 is 2.05 bits per heavy atom. The van der Waals surface area contributed by atoms with Crippen LogP contribution in [0.5, 0.6) is 11.5 Å². The van der Waals surface area contributed by atoms with Crippen molar-refractivity contribution in [1.82, 2.24) is 0 Å². The van der Waals surface area contributed by atoms with Crippen molar-refractivity contribution in [3.63, 3.8) is 0 Å². The Balaban J connectivity index is 2.56. The lowest BCUT2D eigenvalue weighted by Gasteiger charge is -2.27. The Morgan fingerprint density at radius 1 is 0.900 bits per heavy atom. The SMILES string of the molecule is Cc1cc(C(C)(C)c2cc(C)c(O)c(S)c2)ccc1O. The maximum Gasteiger partial charge on any atom is 0.131 e. The highest BCUT2D eigenvalue weighted by Crippen LogP contribution is 2.37. The molecule has 2 aromatic rings. The van der Waals surface area contributed by atoms with E-state index in [-0.39, 0.29) is 11.2 Å². The van der Waals surface area contributed by atoms with Crippen LogP contribution in [0, 0.1) is 13.8 Å². The zero-order valence-corrected chi connectivity index (χ0v) is 13.1. The number of thiol groups is 1. The molecule has 2 N–H and O–H groups in total. The number of aromatic hydroxyl groups is 2. The van der Waals surface area contributed by atoms with Gasteiger partial charge in [-0.25, -0.2) is 0 Å². The van der Waals surface area contributed by atoms with Gasteiger partial charge in [0.05, 0.1) is 0 Å². The van der Waals surface area contributed by atoms with Gasteiger partial charge in [0.25, 0.3) is 0 Å². The normalized spacial score (nSPS) is 11.7. The van der Waals surface area contributed by atoms with E-state index in [1.807, 2.05) is 38.1 Å². The summed E-state index contributed by atoms with van der Waals surface area (Å²) in [5.41, 5.74) is 3.65. The molecule has 0 aliphatic carbocycles. The summed E-state index contributed by atoms with van der Waals surface area (Å²) >= 11 is 4.33. The molecule has 0 fully saturated rings. The first kappa shape index (κ1) is 14.8. The van der Waals surface area contributed by atoms with Crippen molar-refractivity contribution in [3.05, 3.63) is 52.6 Å². The fraction of sp³-hybridized carbons (Fsp3) is 0.294. The third kappa shape index (κ3) is 2.50. The van der Waals surface area contributed by atoms with Crippen molar-refractivity contribution >= 4 is 12.6 Å². The van der Waals surface area contributed by atoms with Crippen LogP contribution >= 0.6 is 12.6 Å². The molecule has 0 bridgehead atoms. The van der Waals surface area contributed by atoms with E-state index in [4.69, 9.17) is 0 Å². The minimum atomic E-state index is -0.228. The van der Waals surface area contributed by atoms with E-state index in [2.05, 4.69) is 26.5 Å². The maximum absolute atomic E-state index is 9.84. The molecule has 3 heteroatoms. The van der Waals surface area contributed by atoms with Crippen LogP contribution in [0.15, 0.2) is 35.2 Å². The number of rotatable bonds is 2. The Kier molecular flexibility index (Phi) is 3.74. The molecule has 106 valence electrons. The van der Waals surface area contributed by atoms with E-state index in [1.54, 1.807) is 6.07 Å². The van der Waals surface area contributed by atoms with E-state index < -0.39 is 0 Å². The maximum atomic E-state index is 9.84. The summed E-state index contributed by atoms with van der Waals surface area (Å²) in [5, 5.41) is 19.5. The van der Waals surface area contributed by atoms with Gasteiger partial charge in [-0.2, -0.15) is 0 Å². The van der Waals surface area contributed by atoms with E-state index in [9.17, 15) is 10.2 Å². The quantitative estimate of drug-likeness (QED) is 0.720. The standard InChI is InChI=1S/C17H20O2S/c1-10-7-12(5-6-14(10)18)17(3,4)13-8-11(2)16(19)15(20)9-13/h5-9,18-20H,1-4H3. The minimum Gasteiger partial charge on any atom is -0.508 e. The van der Waals surface area contributed by atoms with Crippen molar-refractivity contribution in [2.75, 3.05) is 0 Å². The number of benzene rings is 2. The fourth-order valence-electron chi connectivity index (χ4n) is 2.33. The van der Waals surface area contributed by atoms with Gasteiger partial charge in [0.15, 0.2) is 0 Å². The second-order valence-corrected chi connectivity index (χ2v) is 6.27. The van der Waals surface area contributed by atoms with Crippen molar-refractivity contribution in [3.8, 4) is 11.5 Å². The number of phenolic OH excluding ortho intramolecular Hbond substituents is 2. The van der Waals surface area contributed by atoms with E-state index in [1.165, 1.54) is 0 Å². The summed E-state index contributed by atoms with van der Waals surface area (Å²) in [4.78, 5) is 0.587. The van der Waals surface area contributed by atoms with Crippen LogP contribution in [-0.4, -0.2) is 10.2 Å². The van der Waals surface area contributed by atoms with Gasteiger partial charge in [-0.05, 0) is 48.2 Å². The summed E-state index contributed by atoms with van der Waals surface area (Å²) < 4.78 is 0. The van der Waals surface area contributed by atoms with Gasteiger partial charge in [0.2, 0.25) is 0 Å². The van der Waals surface area contributed by atoms with Crippen molar-refractivity contribution in [2.24, 2.45) is 0 Å². The molecule has 0 radical (unpaired) electrons. The molecule has 0 aliphatic rings. The third-order valence-electron chi connectivity index (χ3n) is 3.92. The Hall–Kier alpha value is -1.61. The van der Waals surface area contributed by atoms with Gasteiger partial charge in [0.1, 0.15) is 11.5 Å². The zero-order chi connectivity index (χ0) is 15.1. The molecule has 0 heterocycles. The predicted molar refractivity (Wildman–Crippen MR) is 85.1 cm³/mol. The summed E-state index contributed by atoms with van der Waals surface area (Å²) in [6.45, 7) is 8.01. The van der Waals surface area contributed by atoms with Gasteiger partial charge in [-0.3, -0.25) is 0 Å². The minimum absolute atomic E-state index is 0.228. The molecule has 2 aromatic carbocycles. The van der Waals surface area contributed by atoms with E-state index in [0.29, 0.717) is 10.6 Å². The lowest BCUT2D eigenvalue weighted by Crippen LogP contribution is -2.19. The van der Waals surface area contributed by atoms with Crippen LogP contribution < -0.4 is 0 Å². The smallest absolute Gasteiger partial charge is 0.131 e. The summed E-state index contributed by atoms with van der Waals surface area (Å²) in [6.07, 6.45) is 0. The Morgan fingerprint density at radius 2 is 1.50 bits per heavy atom. The first-order valence-corrected chi connectivity index (χ1v) is 7.01. The van der Waals surface area contributed by atoms with Gasteiger partial charge in [-0.15, -0.1) is 12.6 Å². The number of hydrogen-bond donors (Lipinski definition) is 3. The summed E-state index contributed by atoms with van der Waals surface area (Å²) in [5.74, 6) is 0.538. The predicted octanol–water partition coefficient (Wildman–Crippen LogP) is 4.33. The molecule has 2 rings (SSSR count). The second kappa shape index (κ2) is 5.06. The molecule has 0 aliphatic heterocycles. The fourth-order valence-corrected chi connectivity index (χ4v) is 2.65. The molecule has 0 saturated carbocycles. The molecule has 0 atom stereocenters. The second-order valence-electron chi connectivity index (χ2n) is 5.79. The van der Waals surface area contributed by atoms with Crippen molar-refractivity contribution in [2.45, 2.75) is 38.0 Å². The number of phenols is 2. The monoisotopic (exact) mass is 288 g/mol. The van der Waals surface area contributed by atoms with Crippen LogP contribution in [-0.2, 0) is 5.41 Å². The third-order valence-corrected chi connectivity index (χ3v) is 4.26. The molecule has 0 saturated heterocycles. The number of hydrogen-bond acceptors (Lipinski definition) is 3. The van der Waals surface area contributed by atoms with Gasteiger partial charge in [-0.1, -0.05) is 32.0 Å². The average molecular weight is 288 g/mol. The first-order chi connectivity index (χ1) is 9.23. The highest BCUT2D eigenvalue weighted by molar-refractivity contribution is 7.80. The van der Waals surface area contributed by atoms with Crippen LogP contribution in [0.25, 0.3) is 0 Å². The van der Waals surface area contributed by atoms with Crippen LogP contribution in [0.1, 0.15) is 36.1 Å². The van der Waals surface area contributed by atoms with Crippen LogP contribution in [0.4, 0.5) is 0 Å². The molecular weight excluding hydrogens is 268 g/mol. The molecule has 0 aromatic heterocycles.